The predicted octanol–water partition coefficient (Wildman–Crippen LogP) is 2.01. The molecule has 0 saturated carbocycles. The lowest BCUT2D eigenvalue weighted by molar-refractivity contribution is 0.290. The Kier molecular flexibility index (Phi) is 4.36. The Morgan fingerprint density at radius 2 is 2.12 bits per heavy atom. The van der Waals surface area contributed by atoms with Gasteiger partial charge in [0.2, 0.25) is 0 Å². The molecule has 5 heteroatoms. The summed E-state index contributed by atoms with van der Waals surface area (Å²) in [5, 5.41) is 0. The van der Waals surface area contributed by atoms with Crippen molar-refractivity contribution >= 4 is 29.0 Å². The minimum absolute atomic E-state index is 0.178. The topological polar surface area (TPSA) is 29.3 Å². The van der Waals surface area contributed by atoms with Crippen LogP contribution in [0.3, 0.4) is 0 Å². The lowest BCUT2D eigenvalue weighted by atomic mass is 10.1. The van der Waals surface area contributed by atoms with E-state index in [1.807, 2.05) is 11.8 Å². The first kappa shape index (κ1) is 12.8. The van der Waals surface area contributed by atoms with E-state index in [0.717, 1.165) is 30.2 Å². The zero-order valence-corrected chi connectivity index (χ0v) is 11.1. The number of hydrogen-bond acceptors (Lipinski definition) is 3. The summed E-state index contributed by atoms with van der Waals surface area (Å²) in [6.07, 6.45) is 0. The quantitative estimate of drug-likeness (QED) is 0.851. The van der Waals surface area contributed by atoms with Gasteiger partial charge in [-0.3, -0.25) is 4.90 Å². The maximum Gasteiger partial charge on any atom is 0.127 e. The van der Waals surface area contributed by atoms with E-state index in [2.05, 4.69) is 4.90 Å². The Hall–Kier alpha value is -0.650. The monoisotopic (exact) mass is 270 g/mol. The van der Waals surface area contributed by atoms with Crippen molar-refractivity contribution in [1.29, 1.82) is 0 Å². The van der Waals surface area contributed by atoms with Gasteiger partial charge >= 0.3 is 0 Å². The fraction of sp³-hybridized carbons (Fsp3) is 0.417. The number of thioether (sulfide) groups is 1. The van der Waals surface area contributed by atoms with E-state index in [9.17, 15) is 4.39 Å². The fourth-order valence-electron chi connectivity index (χ4n) is 1.85. The van der Waals surface area contributed by atoms with Crippen LogP contribution in [0.15, 0.2) is 18.2 Å². The van der Waals surface area contributed by atoms with Crippen LogP contribution >= 0.6 is 24.0 Å². The van der Waals surface area contributed by atoms with E-state index in [-0.39, 0.29) is 5.82 Å². The van der Waals surface area contributed by atoms with Gasteiger partial charge < -0.3 is 5.73 Å². The molecule has 0 unspecified atom stereocenters. The van der Waals surface area contributed by atoms with E-state index in [4.69, 9.17) is 18.0 Å². The molecule has 92 valence electrons. The molecule has 2 N–H and O–H groups in total. The first-order valence-corrected chi connectivity index (χ1v) is 7.11. The Bertz CT molecular complexity index is 417. The van der Waals surface area contributed by atoms with Crippen LogP contribution in [0.5, 0.6) is 0 Å². The molecule has 1 aliphatic rings. The van der Waals surface area contributed by atoms with Crippen LogP contribution in [-0.2, 0) is 6.54 Å². The maximum atomic E-state index is 13.7. The first-order chi connectivity index (χ1) is 8.16. The second kappa shape index (κ2) is 5.80. The second-order valence-corrected chi connectivity index (χ2v) is 5.72. The molecule has 0 aromatic heterocycles. The Labute approximate surface area is 110 Å². The molecule has 2 rings (SSSR count). The van der Waals surface area contributed by atoms with Gasteiger partial charge in [0.15, 0.2) is 0 Å². The van der Waals surface area contributed by atoms with Crippen molar-refractivity contribution in [3.8, 4) is 0 Å². The number of thiocarbonyl (C=S) groups is 1. The lowest BCUT2D eigenvalue weighted by Crippen LogP contribution is -2.32. The molecule has 2 nitrogen and oxygen atoms in total. The Morgan fingerprint density at radius 3 is 2.76 bits per heavy atom. The van der Waals surface area contributed by atoms with Crippen molar-refractivity contribution in [3.63, 3.8) is 0 Å². The summed E-state index contributed by atoms with van der Waals surface area (Å²) >= 11 is 6.85. The molecular weight excluding hydrogens is 255 g/mol. The highest BCUT2D eigenvalue weighted by atomic mass is 32.2. The highest BCUT2D eigenvalue weighted by Crippen LogP contribution is 2.16. The second-order valence-electron chi connectivity index (χ2n) is 4.06. The van der Waals surface area contributed by atoms with E-state index in [1.165, 1.54) is 6.07 Å². The van der Waals surface area contributed by atoms with E-state index < -0.39 is 0 Å². The Morgan fingerprint density at radius 1 is 1.41 bits per heavy atom. The summed E-state index contributed by atoms with van der Waals surface area (Å²) in [6, 6.07) is 4.84. The molecule has 0 bridgehead atoms. The van der Waals surface area contributed by atoms with Gasteiger partial charge in [0.25, 0.3) is 0 Å². The molecule has 1 aliphatic heterocycles. The predicted molar refractivity (Wildman–Crippen MR) is 74.9 cm³/mol. The zero-order chi connectivity index (χ0) is 12.3. The van der Waals surface area contributed by atoms with Crippen LogP contribution in [0.4, 0.5) is 4.39 Å². The van der Waals surface area contributed by atoms with E-state index in [1.54, 1.807) is 12.1 Å². The molecule has 1 aromatic rings. The fourth-order valence-corrected chi connectivity index (χ4v) is 2.96. The normalized spacial score (nSPS) is 17.0. The third-order valence-corrected chi connectivity index (χ3v) is 4.01. The molecule has 1 saturated heterocycles. The third-order valence-electron chi connectivity index (χ3n) is 2.83. The number of nitrogens with two attached hydrogens (primary N) is 1. The van der Waals surface area contributed by atoms with Crippen LogP contribution < -0.4 is 5.73 Å². The van der Waals surface area contributed by atoms with Crippen LogP contribution in [0, 0.1) is 5.82 Å². The summed E-state index contributed by atoms with van der Waals surface area (Å²) in [5.41, 5.74) is 6.98. The van der Waals surface area contributed by atoms with Crippen molar-refractivity contribution in [2.75, 3.05) is 24.6 Å². The van der Waals surface area contributed by atoms with E-state index in [0.29, 0.717) is 17.1 Å². The highest BCUT2D eigenvalue weighted by Gasteiger charge is 2.13. The standard InChI is InChI=1S/C12H15FN2S2/c13-11-2-1-9(12(14)16)7-10(11)8-15-3-5-17-6-4-15/h1-2,7H,3-6,8H2,(H2,14,16). The van der Waals surface area contributed by atoms with E-state index >= 15 is 0 Å². The molecule has 17 heavy (non-hydrogen) atoms. The third kappa shape index (κ3) is 3.40. The number of nitrogens with zero attached hydrogens (tertiary/aromatic N) is 1. The van der Waals surface area contributed by atoms with Gasteiger partial charge in [-0.25, -0.2) is 4.39 Å². The molecular formula is C12H15FN2S2. The average molecular weight is 270 g/mol. The van der Waals surface area contributed by atoms with Crippen LogP contribution in [0.25, 0.3) is 0 Å². The number of benzene rings is 1. The number of halogens is 1. The molecule has 0 amide bonds. The van der Waals surface area contributed by atoms with Gasteiger partial charge in [0.05, 0.1) is 0 Å². The minimum atomic E-state index is -0.178. The molecule has 0 spiro atoms. The van der Waals surface area contributed by atoms with Crippen molar-refractivity contribution < 1.29 is 4.39 Å². The molecule has 1 heterocycles. The lowest BCUT2D eigenvalue weighted by Gasteiger charge is -2.26. The molecule has 1 fully saturated rings. The van der Waals surface area contributed by atoms with Crippen molar-refractivity contribution in [3.05, 3.63) is 35.1 Å². The molecule has 1 aromatic carbocycles. The van der Waals surface area contributed by atoms with Crippen LogP contribution in [0.1, 0.15) is 11.1 Å². The summed E-state index contributed by atoms with van der Waals surface area (Å²) in [6.45, 7) is 2.67. The van der Waals surface area contributed by atoms with Gasteiger partial charge in [-0.05, 0) is 18.2 Å². The first-order valence-electron chi connectivity index (χ1n) is 5.55. The smallest absolute Gasteiger partial charge is 0.127 e. The van der Waals surface area contributed by atoms with Gasteiger partial charge in [0.1, 0.15) is 10.8 Å². The van der Waals surface area contributed by atoms with Crippen molar-refractivity contribution in [2.24, 2.45) is 5.73 Å². The van der Waals surface area contributed by atoms with Gasteiger partial charge in [0, 0.05) is 42.3 Å². The Balaban J connectivity index is 2.13. The summed E-state index contributed by atoms with van der Waals surface area (Å²) in [7, 11) is 0. The summed E-state index contributed by atoms with van der Waals surface area (Å²) in [4.78, 5) is 2.58. The number of rotatable bonds is 3. The SMILES string of the molecule is NC(=S)c1ccc(F)c(CN2CCSCC2)c1. The van der Waals surface area contributed by atoms with Gasteiger partial charge in [-0.2, -0.15) is 11.8 Å². The van der Waals surface area contributed by atoms with Gasteiger partial charge in [-0.1, -0.05) is 12.2 Å². The maximum absolute atomic E-state index is 13.7. The molecule has 0 aliphatic carbocycles. The van der Waals surface area contributed by atoms with Crippen molar-refractivity contribution in [2.45, 2.75) is 6.54 Å². The molecule has 0 atom stereocenters. The number of hydrogen-bond donors (Lipinski definition) is 1. The highest BCUT2D eigenvalue weighted by molar-refractivity contribution is 7.99. The van der Waals surface area contributed by atoms with Crippen LogP contribution in [0.2, 0.25) is 0 Å². The minimum Gasteiger partial charge on any atom is -0.389 e. The zero-order valence-electron chi connectivity index (χ0n) is 9.49. The summed E-state index contributed by atoms with van der Waals surface area (Å²) < 4.78 is 13.7. The largest absolute Gasteiger partial charge is 0.389 e. The van der Waals surface area contributed by atoms with Crippen molar-refractivity contribution in [1.82, 2.24) is 4.90 Å². The van der Waals surface area contributed by atoms with Crippen LogP contribution in [-0.4, -0.2) is 34.5 Å². The summed E-state index contributed by atoms with van der Waals surface area (Å²) in [5.74, 6) is 2.07. The molecule has 0 radical (unpaired) electrons. The average Bonchev–Trinajstić information content (AvgIpc) is 2.33. The van der Waals surface area contributed by atoms with Gasteiger partial charge in [-0.15, -0.1) is 0 Å².